The number of nitrogens with zero attached hydrogens (tertiary/aromatic N) is 2. The lowest BCUT2D eigenvalue weighted by Gasteiger charge is -2.37. The summed E-state index contributed by atoms with van der Waals surface area (Å²) in [5.74, 6) is -0.700. The van der Waals surface area contributed by atoms with E-state index < -0.39 is 11.2 Å². The summed E-state index contributed by atoms with van der Waals surface area (Å²) in [4.78, 5) is 28.7. The van der Waals surface area contributed by atoms with Gasteiger partial charge >= 0.3 is 0 Å². The van der Waals surface area contributed by atoms with Crippen LogP contribution in [0.3, 0.4) is 0 Å². The van der Waals surface area contributed by atoms with Crippen molar-refractivity contribution in [3.8, 4) is 11.1 Å². The minimum atomic E-state index is -0.461. The standard InChI is InChI=1S/C32H41FN4O3/c1-20-26(14-22(15-28(20)33)29(39)35-24-6-7-24)21-5-8-25-27(13-21)23(16-36-11-9-32(4,34)10-12-36)17-37(30(25)40)18-31(2,3)19-38/h5,8,13-15,17,24,38H,6-7,9-12,16,18-19,34H2,1-4H3,(H,35,39). The van der Waals surface area contributed by atoms with Crippen LogP contribution in [0.1, 0.15) is 67.9 Å². The van der Waals surface area contributed by atoms with Gasteiger partial charge in [-0.1, -0.05) is 19.9 Å². The zero-order valence-corrected chi connectivity index (χ0v) is 24.0. The van der Waals surface area contributed by atoms with E-state index in [1.54, 1.807) is 23.6 Å². The second-order valence-electron chi connectivity index (χ2n) is 13.0. The summed E-state index contributed by atoms with van der Waals surface area (Å²) in [6.07, 6.45) is 5.60. The molecule has 40 heavy (non-hydrogen) atoms. The molecule has 2 aromatic carbocycles. The second kappa shape index (κ2) is 10.7. The van der Waals surface area contributed by atoms with Crippen LogP contribution in [0.2, 0.25) is 0 Å². The molecule has 1 aliphatic heterocycles. The molecule has 7 nitrogen and oxygen atoms in total. The van der Waals surface area contributed by atoms with Crippen LogP contribution in [0.25, 0.3) is 21.9 Å². The molecule has 3 aromatic rings. The van der Waals surface area contributed by atoms with Crippen molar-refractivity contribution in [1.82, 2.24) is 14.8 Å². The number of nitrogens with one attached hydrogen (secondary N) is 1. The van der Waals surface area contributed by atoms with E-state index >= 15 is 4.39 Å². The lowest BCUT2D eigenvalue weighted by atomic mass is 9.90. The van der Waals surface area contributed by atoms with Crippen molar-refractivity contribution in [1.29, 1.82) is 0 Å². The van der Waals surface area contributed by atoms with E-state index in [2.05, 4.69) is 17.1 Å². The first-order valence-corrected chi connectivity index (χ1v) is 14.3. The van der Waals surface area contributed by atoms with E-state index in [4.69, 9.17) is 5.73 Å². The Morgan fingerprint density at radius 2 is 1.88 bits per heavy atom. The van der Waals surface area contributed by atoms with Gasteiger partial charge in [-0.2, -0.15) is 0 Å². The summed E-state index contributed by atoms with van der Waals surface area (Å²) in [7, 11) is 0. The number of nitrogens with two attached hydrogens (primary N) is 1. The number of carbonyl (C=O) groups is 1. The fourth-order valence-corrected chi connectivity index (χ4v) is 5.46. The van der Waals surface area contributed by atoms with Gasteiger partial charge in [0.25, 0.3) is 11.5 Å². The van der Waals surface area contributed by atoms with Crippen LogP contribution in [0.15, 0.2) is 41.3 Å². The van der Waals surface area contributed by atoms with Gasteiger partial charge in [-0.15, -0.1) is 0 Å². The number of piperidine rings is 1. The maximum Gasteiger partial charge on any atom is 0.258 e. The van der Waals surface area contributed by atoms with Crippen LogP contribution in [-0.4, -0.2) is 51.8 Å². The number of pyridine rings is 1. The van der Waals surface area contributed by atoms with Gasteiger partial charge in [0.2, 0.25) is 0 Å². The maximum atomic E-state index is 15.0. The predicted octanol–water partition coefficient (Wildman–Crippen LogP) is 4.34. The molecule has 4 N–H and O–H groups in total. The van der Waals surface area contributed by atoms with Gasteiger partial charge in [0.15, 0.2) is 0 Å². The average molecular weight is 549 g/mol. The number of aromatic nitrogens is 1. The highest BCUT2D eigenvalue weighted by atomic mass is 19.1. The molecule has 0 atom stereocenters. The number of aliphatic hydroxyl groups is 1. The molecule has 2 heterocycles. The molecule has 1 aromatic heterocycles. The van der Waals surface area contributed by atoms with Crippen LogP contribution in [0.4, 0.5) is 4.39 Å². The molecule has 0 bridgehead atoms. The lowest BCUT2D eigenvalue weighted by molar-refractivity contribution is 0.0950. The lowest BCUT2D eigenvalue weighted by Crippen LogP contribution is -2.47. The van der Waals surface area contributed by atoms with Crippen LogP contribution < -0.4 is 16.6 Å². The highest BCUT2D eigenvalue weighted by molar-refractivity contribution is 5.97. The molecule has 0 unspecified atom stereocenters. The Kier molecular flexibility index (Phi) is 7.63. The number of hydrogen-bond donors (Lipinski definition) is 3. The molecule has 5 rings (SSSR count). The minimum absolute atomic E-state index is 0.0392. The Hall–Kier alpha value is -3.07. The minimum Gasteiger partial charge on any atom is -0.396 e. The summed E-state index contributed by atoms with van der Waals surface area (Å²) in [5.41, 5.74) is 8.75. The topological polar surface area (TPSA) is 101 Å². The highest BCUT2D eigenvalue weighted by Crippen LogP contribution is 2.32. The van der Waals surface area contributed by atoms with Crippen molar-refractivity contribution >= 4 is 16.7 Å². The zero-order valence-electron chi connectivity index (χ0n) is 24.0. The maximum absolute atomic E-state index is 15.0. The first kappa shape index (κ1) is 28.5. The van der Waals surface area contributed by atoms with Crippen molar-refractivity contribution in [3.05, 3.63) is 69.4 Å². The largest absolute Gasteiger partial charge is 0.396 e. The van der Waals surface area contributed by atoms with Gasteiger partial charge in [-0.05, 0) is 91.4 Å². The molecule has 2 fully saturated rings. The van der Waals surface area contributed by atoms with Crippen molar-refractivity contribution in [2.45, 2.75) is 78.0 Å². The van der Waals surface area contributed by atoms with Crippen LogP contribution in [-0.2, 0) is 13.1 Å². The number of amides is 1. The normalized spacial score (nSPS) is 17.8. The van der Waals surface area contributed by atoms with Crippen LogP contribution in [0.5, 0.6) is 0 Å². The molecule has 2 aliphatic rings. The van der Waals surface area contributed by atoms with E-state index in [9.17, 15) is 14.7 Å². The van der Waals surface area contributed by atoms with E-state index in [0.29, 0.717) is 35.2 Å². The van der Waals surface area contributed by atoms with Crippen molar-refractivity contribution < 1.29 is 14.3 Å². The SMILES string of the molecule is Cc1c(F)cc(C(=O)NC2CC2)cc1-c1ccc2c(=O)n(CC(C)(C)CO)cc(CN3CCC(C)(N)CC3)c2c1. The van der Waals surface area contributed by atoms with E-state index in [1.165, 1.54) is 6.07 Å². The van der Waals surface area contributed by atoms with Crippen LogP contribution in [0, 0.1) is 18.2 Å². The quantitative estimate of drug-likeness (QED) is 0.389. The molecule has 8 heteroatoms. The summed E-state index contributed by atoms with van der Waals surface area (Å²) in [5, 5.41) is 14.2. The Balaban J connectivity index is 1.59. The fraction of sp³-hybridized carbons (Fsp3) is 0.500. The Morgan fingerprint density at radius 1 is 1.18 bits per heavy atom. The molecule has 214 valence electrons. The highest BCUT2D eigenvalue weighted by Gasteiger charge is 2.27. The zero-order chi connectivity index (χ0) is 28.8. The smallest absolute Gasteiger partial charge is 0.258 e. The fourth-order valence-electron chi connectivity index (χ4n) is 5.46. The monoisotopic (exact) mass is 548 g/mol. The van der Waals surface area contributed by atoms with Crippen molar-refractivity contribution in [2.75, 3.05) is 19.7 Å². The molecule has 0 radical (unpaired) electrons. The number of aliphatic hydroxyl groups excluding tert-OH is 1. The number of fused-ring (bicyclic) bond motifs is 1. The molecule has 0 spiro atoms. The van der Waals surface area contributed by atoms with Gasteiger partial charge in [0.1, 0.15) is 5.82 Å². The number of likely N-dealkylation sites (tertiary alicyclic amines) is 1. The number of benzene rings is 2. The molecule has 1 amide bonds. The third-order valence-corrected chi connectivity index (χ3v) is 8.42. The third-order valence-electron chi connectivity index (χ3n) is 8.42. The van der Waals surface area contributed by atoms with Gasteiger partial charge in [-0.3, -0.25) is 14.5 Å². The van der Waals surface area contributed by atoms with E-state index in [-0.39, 0.29) is 29.7 Å². The second-order valence-corrected chi connectivity index (χ2v) is 13.0. The van der Waals surface area contributed by atoms with Gasteiger partial charge in [-0.25, -0.2) is 4.39 Å². The van der Waals surface area contributed by atoms with E-state index in [0.717, 1.165) is 55.3 Å². The average Bonchev–Trinajstić information content (AvgIpc) is 3.73. The Labute approximate surface area is 235 Å². The molecular formula is C32H41FN4O3. The molecular weight excluding hydrogens is 507 g/mol. The third kappa shape index (κ3) is 6.14. The van der Waals surface area contributed by atoms with Gasteiger partial charge in [0.05, 0.1) is 0 Å². The molecule has 1 saturated heterocycles. The molecule has 1 saturated carbocycles. The van der Waals surface area contributed by atoms with Gasteiger partial charge < -0.3 is 20.7 Å². The Bertz CT molecular complexity index is 1500. The number of halogens is 1. The summed E-state index contributed by atoms with van der Waals surface area (Å²) < 4.78 is 16.7. The van der Waals surface area contributed by atoms with Crippen LogP contribution >= 0.6 is 0 Å². The Morgan fingerprint density at radius 3 is 2.52 bits per heavy atom. The number of carbonyl (C=O) groups excluding carboxylic acids is 1. The van der Waals surface area contributed by atoms with Crippen molar-refractivity contribution in [2.24, 2.45) is 11.1 Å². The first-order chi connectivity index (χ1) is 18.9. The number of hydrogen-bond acceptors (Lipinski definition) is 5. The van der Waals surface area contributed by atoms with Crippen molar-refractivity contribution in [3.63, 3.8) is 0 Å². The summed E-state index contributed by atoms with van der Waals surface area (Å²) >= 11 is 0. The first-order valence-electron chi connectivity index (χ1n) is 14.3. The van der Waals surface area contributed by atoms with Gasteiger partial charge in [0, 0.05) is 66.9 Å². The summed E-state index contributed by atoms with van der Waals surface area (Å²) in [6, 6.07) is 8.81. The molecule has 1 aliphatic carbocycles. The summed E-state index contributed by atoms with van der Waals surface area (Å²) in [6.45, 7) is 10.4. The number of rotatable bonds is 8. The predicted molar refractivity (Wildman–Crippen MR) is 157 cm³/mol. The van der Waals surface area contributed by atoms with E-state index in [1.807, 2.05) is 32.2 Å².